The van der Waals surface area contributed by atoms with E-state index in [-0.39, 0.29) is 17.9 Å². The number of carboxylic acid groups (broad SMARTS) is 1. The van der Waals surface area contributed by atoms with Crippen LogP contribution in [0.3, 0.4) is 0 Å². The van der Waals surface area contributed by atoms with E-state index in [2.05, 4.69) is 44.7 Å². The molecule has 0 unspecified atom stereocenters. The zero-order valence-corrected chi connectivity index (χ0v) is 29.7. The van der Waals surface area contributed by atoms with Crippen molar-refractivity contribution >= 4 is 28.6 Å². The van der Waals surface area contributed by atoms with Gasteiger partial charge >= 0.3 is 12.1 Å². The largest absolute Gasteiger partial charge is 0.490 e. The minimum Gasteiger partial charge on any atom is -0.475 e. The molecule has 1 aliphatic carbocycles. The van der Waals surface area contributed by atoms with Gasteiger partial charge in [0.15, 0.2) is 0 Å². The number of fused-ring (bicyclic) bond motifs is 1. The minimum absolute atomic E-state index is 0.0183. The number of carboxylic acids is 1. The Morgan fingerprint density at radius 2 is 1.48 bits per heavy atom. The van der Waals surface area contributed by atoms with E-state index >= 15 is 0 Å². The first-order valence-corrected chi connectivity index (χ1v) is 18.5. The number of ether oxygens (including phenoxy) is 1. The summed E-state index contributed by atoms with van der Waals surface area (Å²) in [6, 6.07) is 24.3. The fourth-order valence-electron chi connectivity index (χ4n) is 7.51. The Balaban J connectivity index is 0.000000679. The van der Waals surface area contributed by atoms with Gasteiger partial charge in [-0.05, 0) is 85.9 Å². The summed E-state index contributed by atoms with van der Waals surface area (Å²) >= 11 is 0. The molecule has 0 aromatic heterocycles. The summed E-state index contributed by atoms with van der Waals surface area (Å²) in [5, 5.41) is 15.9. The van der Waals surface area contributed by atoms with Crippen molar-refractivity contribution in [3.05, 3.63) is 83.9 Å². The van der Waals surface area contributed by atoms with Gasteiger partial charge in [-0.2, -0.15) is 13.2 Å². The second-order valence-corrected chi connectivity index (χ2v) is 14.3. The number of carbonyl (C=O) groups excluding carboxylic acids is 2. The van der Waals surface area contributed by atoms with Crippen molar-refractivity contribution in [3.63, 3.8) is 0 Å². The van der Waals surface area contributed by atoms with Crippen molar-refractivity contribution in [2.24, 2.45) is 5.92 Å². The Kier molecular flexibility index (Phi) is 14.1. The molecule has 3 fully saturated rings. The Morgan fingerprint density at radius 3 is 2.13 bits per heavy atom. The molecule has 6 rings (SSSR count). The lowest BCUT2D eigenvalue weighted by molar-refractivity contribution is -0.192. The summed E-state index contributed by atoms with van der Waals surface area (Å²) in [5.41, 5.74) is 0.963. The molecule has 3 N–H and O–H groups in total. The van der Waals surface area contributed by atoms with Crippen molar-refractivity contribution in [2.45, 2.75) is 75.5 Å². The van der Waals surface area contributed by atoms with E-state index in [9.17, 15) is 22.8 Å². The lowest BCUT2D eigenvalue weighted by Gasteiger charge is -2.37. The number of benzene rings is 3. The number of carbonyl (C=O) groups is 3. The van der Waals surface area contributed by atoms with Gasteiger partial charge < -0.3 is 30.3 Å². The molecule has 1 saturated carbocycles. The second kappa shape index (κ2) is 18.7. The van der Waals surface area contributed by atoms with E-state index in [4.69, 9.17) is 14.6 Å². The van der Waals surface area contributed by atoms with Crippen LogP contribution < -0.4 is 10.6 Å². The monoisotopic (exact) mass is 724 g/mol. The van der Waals surface area contributed by atoms with Gasteiger partial charge in [0.2, 0.25) is 5.91 Å². The maximum Gasteiger partial charge on any atom is 0.490 e. The maximum absolute atomic E-state index is 14.1. The molecule has 2 heterocycles. The molecule has 1 atom stereocenters. The van der Waals surface area contributed by atoms with Crippen molar-refractivity contribution in [1.29, 1.82) is 0 Å². The molecule has 0 spiro atoms. The predicted octanol–water partition coefficient (Wildman–Crippen LogP) is 6.07. The number of hydrogen-bond acceptors (Lipinski definition) is 6. The van der Waals surface area contributed by atoms with Gasteiger partial charge in [-0.15, -0.1) is 0 Å². The minimum atomic E-state index is -5.08. The van der Waals surface area contributed by atoms with Crippen LogP contribution in [-0.4, -0.2) is 103 Å². The summed E-state index contributed by atoms with van der Waals surface area (Å²) < 4.78 is 37.3. The average molecular weight is 725 g/mol. The van der Waals surface area contributed by atoms with E-state index in [1.165, 1.54) is 24.9 Å². The summed E-state index contributed by atoms with van der Waals surface area (Å²) in [6.45, 7) is 8.61. The highest BCUT2D eigenvalue weighted by atomic mass is 19.4. The van der Waals surface area contributed by atoms with Gasteiger partial charge in [0, 0.05) is 57.5 Å². The first-order chi connectivity index (χ1) is 25.0. The highest BCUT2D eigenvalue weighted by Crippen LogP contribution is 2.31. The molecule has 3 aromatic carbocycles. The average Bonchev–Trinajstić information content (AvgIpc) is 3.62. The van der Waals surface area contributed by atoms with Crippen molar-refractivity contribution in [1.82, 2.24) is 20.4 Å². The van der Waals surface area contributed by atoms with E-state index in [0.717, 1.165) is 94.7 Å². The standard InChI is InChI=1S/C38H50N4O3.C2HF3O2/c43-36(34-15-14-32-11-4-5-12-33(32)28-34)40-38(18-6-7-19-38)37(44)39-35(27-30-9-2-1-3-10-30)13-8-20-41-21-23-42(24-22-41)29-31-16-25-45-26-17-31;3-2(4,5)1(6)7/h1-5,9-12,14-15,28,31,35H,6-8,13,16-27,29H2,(H,39,44)(H,40,43);(H,6,7)/t35-;/m0./s1. The Labute approximate surface area is 303 Å². The van der Waals surface area contributed by atoms with Crippen molar-refractivity contribution < 1.29 is 37.4 Å². The number of alkyl halides is 3. The quantitative estimate of drug-likeness (QED) is 0.208. The zero-order valence-electron chi connectivity index (χ0n) is 29.7. The van der Waals surface area contributed by atoms with E-state index in [1.54, 1.807) is 0 Å². The summed E-state index contributed by atoms with van der Waals surface area (Å²) in [5.74, 6) is -2.18. The van der Waals surface area contributed by atoms with Crippen LogP contribution in [0.25, 0.3) is 10.8 Å². The van der Waals surface area contributed by atoms with E-state index < -0.39 is 17.7 Å². The van der Waals surface area contributed by atoms with Gasteiger partial charge in [-0.25, -0.2) is 4.79 Å². The first-order valence-electron chi connectivity index (χ1n) is 18.5. The summed E-state index contributed by atoms with van der Waals surface area (Å²) in [7, 11) is 0. The molecule has 52 heavy (non-hydrogen) atoms. The maximum atomic E-state index is 14.1. The number of aliphatic carboxylic acids is 1. The zero-order chi connectivity index (χ0) is 37.0. The third-order valence-electron chi connectivity index (χ3n) is 10.5. The Bertz CT molecular complexity index is 1600. The van der Waals surface area contributed by atoms with E-state index in [0.29, 0.717) is 18.4 Å². The van der Waals surface area contributed by atoms with Crippen LogP contribution >= 0.6 is 0 Å². The molecule has 3 aliphatic rings. The predicted molar refractivity (Wildman–Crippen MR) is 194 cm³/mol. The molecule has 0 bridgehead atoms. The molecule has 2 aliphatic heterocycles. The van der Waals surface area contributed by atoms with Gasteiger partial charge in [-0.3, -0.25) is 9.59 Å². The van der Waals surface area contributed by atoms with Crippen LogP contribution in [0.5, 0.6) is 0 Å². The summed E-state index contributed by atoms with van der Waals surface area (Å²) in [6.07, 6.45) is 3.28. The molecular formula is C40H51F3N4O5. The normalized spacial score (nSPS) is 19.0. The van der Waals surface area contributed by atoms with Crippen molar-refractivity contribution in [2.75, 3.05) is 52.5 Å². The molecule has 0 radical (unpaired) electrons. The molecule has 3 aromatic rings. The van der Waals surface area contributed by atoms with Gasteiger partial charge in [0.05, 0.1) is 0 Å². The second-order valence-electron chi connectivity index (χ2n) is 14.3. The van der Waals surface area contributed by atoms with Crippen LogP contribution in [0.2, 0.25) is 0 Å². The fraction of sp³-hybridized carbons (Fsp3) is 0.525. The van der Waals surface area contributed by atoms with Crippen LogP contribution in [0.1, 0.15) is 67.3 Å². The van der Waals surface area contributed by atoms with Crippen LogP contribution in [0.15, 0.2) is 72.8 Å². The van der Waals surface area contributed by atoms with Crippen molar-refractivity contribution in [3.8, 4) is 0 Å². The number of nitrogens with zero attached hydrogens (tertiary/aromatic N) is 2. The third kappa shape index (κ3) is 11.5. The number of nitrogens with one attached hydrogen (secondary N) is 2. The molecule has 2 amide bonds. The fourth-order valence-corrected chi connectivity index (χ4v) is 7.51. The van der Waals surface area contributed by atoms with Gasteiger partial charge in [0.1, 0.15) is 5.54 Å². The Morgan fingerprint density at radius 1 is 0.865 bits per heavy atom. The van der Waals surface area contributed by atoms with E-state index in [1.807, 2.05) is 48.5 Å². The number of halogens is 3. The van der Waals surface area contributed by atoms with Crippen LogP contribution in [0, 0.1) is 5.92 Å². The topological polar surface area (TPSA) is 111 Å². The lowest BCUT2D eigenvalue weighted by atomic mass is 9.93. The SMILES string of the molecule is O=C(NC1(C(=O)N[C@@H](CCCN2CCN(CC3CCOCC3)CC2)Cc2ccccc2)CCCC1)c1ccc2ccccc2c1.O=C(O)C(F)(F)F. The number of piperazine rings is 1. The number of hydrogen-bond donors (Lipinski definition) is 3. The van der Waals surface area contributed by atoms with Crippen LogP contribution in [0.4, 0.5) is 13.2 Å². The molecular weight excluding hydrogens is 673 g/mol. The lowest BCUT2D eigenvalue weighted by Crippen LogP contribution is -2.59. The highest BCUT2D eigenvalue weighted by molar-refractivity contribution is 6.02. The molecule has 2 saturated heterocycles. The Hall–Kier alpha value is -4.00. The molecule has 282 valence electrons. The van der Waals surface area contributed by atoms with Gasteiger partial charge in [0.25, 0.3) is 5.91 Å². The molecule has 12 heteroatoms. The third-order valence-corrected chi connectivity index (χ3v) is 10.5. The number of rotatable bonds is 12. The van der Waals surface area contributed by atoms with Gasteiger partial charge in [-0.1, -0.05) is 73.5 Å². The molecule has 9 nitrogen and oxygen atoms in total. The number of amides is 2. The van der Waals surface area contributed by atoms with Crippen LogP contribution in [-0.2, 0) is 20.7 Å². The first kappa shape index (κ1) is 39.2. The smallest absolute Gasteiger partial charge is 0.475 e. The highest BCUT2D eigenvalue weighted by Gasteiger charge is 2.43. The summed E-state index contributed by atoms with van der Waals surface area (Å²) in [4.78, 5) is 41.7.